The molecule has 1 aliphatic heterocycles. The molecule has 0 saturated carbocycles. The van der Waals surface area contributed by atoms with Crippen LogP contribution in [0, 0.1) is 0 Å². The van der Waals surface area contributed by atoms with Crippen LogP contribution in [0.3, 0.4) is 0 Å². The van der Waals surface area contributed by atoms with Crippen LogP contribution >= 0.6 is 0 Å². The van der Waals surface area contributed by atoms with Crippen LogP contribution in [0.2, 0.25) is 0 Å². The summed E-state index contributed by atoms with van der Waals surface area (Å²) in [6.07, 6.45) is 4.45. The van der Waals surface area contributed by atoms with E-state index in [4.69, 9.17) is 0 Å². The molecular formula is C15H18N2O2. The number of carbonyl (C=O) groups is 2. The van der Waals surface area contributed by atoms with Gasteiger partial charge < -0.3 is 5.32 Å². The Kier molecular flexibility index (Phi) is 3.01. The zero-order valence-electron chi connectivity index (χ0n) is 11.1. The van der Waals surface area contributed by atoms with E-state index in [1.165, 1.54) is 17.5 Å². The predicted octanol–water partition coefficient (Wildman–Crippen LogP) is 1.42. The quantitative estimate of drug-likeness (QED) is 0.828. The van der Waals surface area contributed by atoms with Gasteiger partial charge in [0.2, 0.25) is 11.8 Å². The molecule has 1 atom stereocenters. The molecule has 2 amide bonds. The van der Waals surface area contributed by atoms with Gasteiger partial charge in [-0.25, -0.2) is 0 Å². The normalized spacial score (nSPS) is 23.0. The first-order chi connectivity index (χ1) is 9.18. The number of benzene rings is 1. The Morgan fingerprint density at radius 3 is 2.84 bits per heavy atom. The molecule has 1 aromatic rings. The van der Waals surface area contributed by atoms with Gasteiger partial charge in [0.1, 0.15) is 6.04 Å². The lowest BCUT2D eigenvalue weighted by Gasteiger charge is -2.35. The minimum Gasteiger partial charge on any atom is -0.345 e. The molecule has 1 saturated heterocycles. The summed E-state index contributed by atoms with van der Waals surface area (Å²) in [6.45, 7) is 1.89. The van der Waals surface area contributed by atoms with E-state index >= 15 is 0 Å². The lowest BCUT2D eigenvalue weighted by Crippen LogP contribution is -2.57. The standard InChI is InChI=1S/C15H18N2O2/c1-10-15(19)16-9-14(18)17(10)13-8-4-6-11-5-2-3-7-12(11)13/h4,6,8,10H,2-3,5,7,9H2,1H3,(H,16,19). The molecule has 1 aromatic carbocycles. The summed E-state index contributed by atoms with van der Waals surface area (Å²) in [5, 5.41) is 2.63. The van der Waals surface area contributed by atoms with Crippen LogP contribution in [0.1, 0.15) is 30.9 Å². The van der Waals surface area contributed by atoms with Crippen LogP contribution in [-0.4, -0.2) is 24.4 Å². The summed E-state index contributed by atoms with van der Waals surface area (Å²) in [4.78, 5) is 25.6. The molecule has 0 aromatic heterocycles. The maximum Gasteiger partial charge on any atom is 0.247 e. The fourth-order valence-electron chi connectivity index (χ4n) is 3.06. The summed E-state index contributed by atoms with van der Waals surface area (Å²) >= 11 is 0. The van der Waals surface area contributed by atoms with Gasteiger partial charge in [-0.1, -0.05) is 12.1 Å². The van der Waals surface area contributed by atoms with E-state index in [1.807, 2.05) is 12.1 Å². The van der Waals surface area contributed by atoms with Crippen LogP contribution < -0.4 is 10.2 Å². The Bertz CT molecular complexity index is 539. The smallest absolute Gasteiger partial charge is 0.247 e. The summed E-state index contributed by atoms with van der Waals surface area (Å²) in [5.74, 6) is -0.0981. The number of hydrogen-bond donors (Lipinski definition) is 1. The van der Waals surface area contributed by atoms with Gasteiger partial charge >= 0.3 is 0 Å². The minimum absolute atomic E-state index is 0.0222. The van der Waals surface area contributed by atoms with Gasteiger partial charge in [0.25, 0.3) is 0 Å². The molecule has 1 N–H and O–H groups in total. The molecule has 0 spiro atoms. The monoisotopic (exact) mass is 258 g/mol. The summed E-state index contributed by atoms with van der Waals surface area (Å²) < 4.78 is 0. The van der Waals surface area contributed by atoms with Crippen LogP contribution in [-0.2, 0) is 22.4 Å². The van der Waals surface area contributed by atoms with E-state index in [-0.39, 0.29) is 18.4 Å². The Labute approximate surface area is 112 Å². The molecule has 2 aliphatic rings. The molecule has 0 bridgehead atoms. The fraction of sp³-hybridized carbons (Fsp3) is 0.467. The van der Waals surface area contributed by atoms with Crippen LogP contribution in [0.4, 0.5) is 5.69 Å². The highest BCUT2D eigenvalue weighted by Crippen LogP contribution is 2.32. The molecule has 1 unspecified atom stereocenters. The van der Waals surface area contributed by atoms with Gasteiger partial charge in [-0.15, -0.1) is 0 Å². The average Bonchev–Trinajstić information content (AvgIpc) is 2.44. The number of hydrogen-bond acceptors (Lipinski definition) is 2. The largest absolute Gasteiger partial charge is 0.345 e. The van der Waals surface area contributed by atoms with Crippen molar-refractivity contribution < 1.29 is 9.59 Å². The number of aryl methyl sites for hydroxylation is 1. The van der Waals surface area contributed by atoms with Gasteiger partial charge in [-0.3, -0.25) is 14.5 Å². The first-order valence-electron chi connectivity index (χ1n) is 6.89. The molecule has 100 valence electrons. The molecule has 19 heavy (non-hydrogen) atoms. The second kappa shape index (κ2) is 4.68. The highest BCUT2D eigenvalue weighted by Gasteiger charge is 2.33. The van der Waals surface area contributed by atoms with Crippen LogP contribution in [0.5, 0.6) is 0 Å². The average molecular weight is 258 g/mol. The van der Waals surface area contributed by atoms with Crippen molar-refractivity contribution in [1.82, 2.24) is 5.32 Å². The van der Waals surface area contributed by atoms with Crippen molar-refractivity contribution in [3.05, 3.63) is 29.3 Å². The van der Waals surface area contributed by atoms with E-state index < -0.39 is 6.04 Å². The maximum atomic E-state index is 12.1. The third-order valence-electron chi connectivity index (χ3n) is 4.08. The lowest BCUT2D eigenvalue weighted by atomic mass is 9.89. The fourth-order valence-corrected chi connectivity index (χ4v) is 3.06. The van der Waals surface area contributed by atoms with Gasteiger partial charge in [-0.2, -0.15) is 0 Å². The molecule has 1 heterocycles. The van der Waals surface area contributed by atoms with E-state index in [2.05, 4.69) is 11.4 Å². The van der Waals surface area contributed by atoms with Crippen molar-refractivity contribution in [2.24, 2.45) is 0 Å². The first-order valence-corrected chi connectivity index (χ1v) is 6.89. The Hall–Kier alpha value is -1.84. The number of amides is 2. The summed E-state index contributed by atoms with van der Waals surface area (Å²) in [5.41, 5.74) is 3.52. The molecule has 4 heteroatoms. The zero-order chi connectivity index (χ0) is 13.4. The number of piperazine rings is 1. The third-order valence-corrected chi connectivity index (χ3v) is 4.08. The number of nitrogens with one attached hydrogen (secondary N) is 1. The highest BCUT2D eigenvalue weighted by atomic mass is 16.2. The molecule has 3 rings (SSSR count). The Balaban J connectivity index is 2.05. The van der Waals surface area contributed by atoms with Crippen LogP contribution in [0.15, 0.2) is 18.2 Å². The predicted molar refractivity (Wildman–Crippen MR) is 73.0 cm³/mol. The highest BCUT2D eigenvalue weighted by molar-refractivity contribution is 6.06. The van der Waals surface area contributed by atoms with Crippen molar-refractivity contribution in [3.8, 4) is 0 Å². The van der Waals surface area contributed by atoms with Crippen molar-refractivity contribution in [1.29, 1.82) is 0 Å². The first kappa shape index (κ1) is 12.2. The SMILES string of the molecule is CC1C(=O)NCC(=O)N1c1cccc2c1CCCC2. The van der Waals surface area contributed by atoms with Crippen molar-refractivity contribution in [3.63, 3.8) is 0 Å². The molecule has 0 radical (unpaired) electrons. The van der Waals surface area contributed by atoms with E-state index in [9.17, 15) is 9.59 Å². The van der Waals surface area contributed by atoms with E-state index in [0.29, 0.717) is 0 Å². The molecule has 1 aliphatic carbocycles. The molecule has 1 fully saturated rings. The van der Waals surface area contributed by atoms with E-state index in [0.717, 1.165) is 24.9 Å². The number of carbonyl (C=O) groups excluding carboxylic acids is 2. The zero-order valence-corrected chi connectivity index (χ0v) is 11.1. The number of anilines is 1. The van der Waals surface area contributed by atoms with Gasteiger partial charge in [0.15, 0.2) is 0 Å². The number of fused-ring (bicyclic) bond motifs is 1. The van der Waals surface area contributed by atoms with Gasteiger partial charge in [0.05, 0.1) is 6.54 Å². The van der Waals surface area contributed by atoms with Gasteiger partial charge in [-0.05, 0) is 49.8 Å². The third kappa shape index (κ3) is 2.01. The maximum absolute atomic E-state index is 12.1. The molecular weight excluding hydrogens is 240 g/mol. The second-order valence-electron chi connectivity index (χ2n) is 5.28. The number of nitrogens with zero attached hydrogens (tertiary/aromatic N) is 1. The van der Waals surface area contributed by atoms with Crippen molar-refractivity contribution >= 4 is 17.5 Å². The lowest BCUT2D eigenvalue weighted by molar-refractivity contribution is -0.130. The summed E-state index contributed by atoms with van der Waals surface area (Å²) in [6, 6.07) is 5.68. The number of rotatable bonds is 1. The van der Waals surface area contributed by atoms with E-state index in [1.54, 1.807) is 11.8 Å². The molecule has 4 nitrogen and oxygen atoms in total. The topological polar surface area (TPSA) is 49.4 Å². The van der Waals surface area contributed by atoms with Crippen molar-refractivity contribution in [2.75, 3.05) is 11.4 Å². The Morgan fingerprint density at radius 2 is 2.00 bits per heavy atom. The minimum atomic E-state index is -0.422. The van der Waals surface area contributed by atoms with Crippen LogP contribution in [0.25, 0.3) is 0 Å². The Morgan fingerprint density at radius 1 is 1.21 bits per heavy atom. The van der Waals surface area contributed by atoms with Gasteiger partial charge in [0, 0.05) is 5.69 Å². The van der Waals surface area contributed by atoms with Crippen molar-refractivity contribution in [2.45, 2.75) is 38.6 Å². The second-order valence-corrected chi connectivity index (χ2v) is 5.28. The summed E-state index contributed by atoms with van der Waals surface area (Å²) in [7, 11) is 0.